The minimum atomic E-state index is 0.187. The van der Waals surface area contributed by atoms with Gasteiger partial charge in [-0.25, -0.2) is 0 Å². The molecule has 1 aliphatic rings. The maximum absolute atomic E-state index is 11.6. The quantitative estimate of drug-likeness (QED) is 0.759. The van der Waals surface area contributed by atoms with E-state index in [0.717, 1.165) is 32.3 Å². The first-order chi connectivity index (χ1) is 7.22. The normalized spacial score (nSPS) is 23.5. The van der Waals surface area contributed by atoms with Gasteiger partial charge in [-0.1, -0.05) is 26.7 Å². The highest BCUT2D eigenvalue weighted by atomic mass is 16.5. The molecule has 1 amide bonds. The number of nitrogens with one attached hydrogen (secondary N) is 1. The topological polar surface area (TPSA) is 38.3 Å². The van der Waals surface area contributed by atoms with E-state index in [4.69, 9.17) is 4.74 Å². The molecule has 2 atom stereocenters. The second kappa shape index (κ2) is 6.83. The minimum absolute atomic E-state index is 0.187. The first-order valence-corrected chi connectivity index (χ1v) is 6.09. The third-order valence-electron chi connectivity index (χ3n) is 2.84. The largest absolute Gasteiger partial charge is 0.379 e. The predicted octanol–water partition coefficient (Wildman–Crippen LogP) is 2.11. The average molecular weight is 213 g/mol. The maximum atomic E-state index is 11.6. The van der Waals surface area contributed by atoms with Crippen LogP contribution in [0.1, 0.15) is 46.0 Å². The Morgan fingerprint density at radius 3 is 3.00 bits per heavy atom. The highest BCUT2D eigenvalue weighted by Gasteiger charge is 2.17. The standard InChI is InChI=1S/C12H23NO2/c1-3-5-10(2)8-12(14)13-11-6-4-7-15-9-11/h10-11H,3-9H2,1-2H3,(H,13,14). The van der Waals surface area contributed by atoms with Crippen LogP contribution in [0.5, 0.6) is 0 Å². The minimum Gasteiger partial charge on any atom is -0.379 e. The highest BCUT2D eigenvalue weighted by molar-refractivity contribution is 5.76. The number of rotatable bonds is 5. The van der Waals surface area contributed by atoms with E-state index >= 15 is 0 Å². The van der Waals surface area contributed by atoms with Crippen LogP contribution in [0.2, 0.25) is 0 Å². The van der Waals surface area contributed by atoms with Crippen LogP contribution in [-0.2, 0) is 9.53 Å². The van der Waals surface area contributed by atoms with Crippen molar-refractivity contribution in [1.29, 1.82) is 0 Å². The van der Waals surface area contributed by atoms with Crippen LogP contribution >= 0.6 is 0 Å². The Labute approximate surface area is 92.6 Å². The molecule has 1 N–H and O–H groups in total. The molecule has 0 bridgehead atoms. The molecular formula is C12H23NO2. The Hall–Kier alpha value is -0.570. The van der Waals surface area contributed by atoms with Gasteiger partial charge in [0, 0.05) is 13.0 Å². The van der Waals surface area contributed by atoms with Crippen LogP contribution in [0.3, 0.4) is 0 Å². The van der Waals surface area contributed by atoms with Crippen molar-refractivity contribution in [2.75, 3.05) is 13.2 Å². The van der Waals surface area contributed by atoms with Crippen molar-refractivity contribution in [3.8, 4) is 0 Å². The second-order valence-electron chi connectivity index (χ2n) is 4.58. The number of hydrogen-bond acceptors (Lipinski definition) is 2. The Morgan fingerprint density at radius 2 is 2.40 bits per heavy atom. The molecule has 0 radical (unpaired) electrons. The van der Waals surface area contributed by atoms with Crippen LogP contribution in [0.15, 0.2) is 0 Å². The van der Waals surface area contributed by atoms with Gasteiger partial charge in [-0.2, -0.15) is 0 Å². The van der Waals surface area contributed by atoms with Crippen molar-refractivity contribution in [3.05, 3.63) is 0 Å². The molecule has 1 rings (SSSR count). The summed E-state index contributed by atoms with van der Waals surface area (Å²) < 4.78 is 5.32. The molecule has 0 spiro atoms. The van der Waals surface area contributed by atoms with Crippen LogP contribution in [0.25, 0.3) is 0 Å². The van der Waals surface area contributed by atoms with E-state index in [0.29, 0.717) is 18.9 Å². The second-order valence-corrected chi connectivity index (χ2v) is 4.58. The molecule has 0 aliphatic carbocycles. The summed E-state index contributed by atoms with van der Waals surface area (Å²) in [7, 11) is 0. The molecule has 0 aromatic heterocycles. The zero-order valence-electron chi connectivity index (χ0n) is 9.92. The molecule has 0 aromatic carbocycles. The fourth-order valence-corrected chi connectivity index (χ4v) is 2.05. The third-order valence-corrected chi connectivity index (χ3v) is 2.84. The number of ether oxygens (including phenoxy) is 1. The van der Waals surface area contributed by atoms with E-state index in [1.165, 1.54) is 0 Å². The molecule has 88 valence electrons. The van der Waals surface area contributed by atoms with Crippen molar-refractivity contribution < 1.29 is 9.53 Å². The maximum Gasteiger partial charge on any atom is 0.220 e. The van der Waals surface area contributed by atoms with Gasteiger partial charge in [0.15, 0.2) is 0 Å². The smallest absolute Gasteiger partial charge is 0.220 e. The summed E-state index contributed by atoms with van der Waals surface area (Å²) in [5.41, 5.74) is 0. The van der Waals surface area contributed by atoms with Gasteiger partial charge in [0.1, 0.15) is 0 Å². The summed E-state index contributed by atoms with van der Waals surface area (Å²) in [5.74, 6) is 0.686. The zero-order chi connectivity index (χ0) is 11.1. The predicted molar refractivity (Wildman–Crippen MR) is 60.7 cm³/mol. The highest BCUT2D eigenvalue weighted by Crippen LogP contribution is 2.11. The fraction of sp³-hybridized carbons (Fsp3) is 0.917. The molecule has 0 aromatic rings. The van der Waals surface area contributed by atoms with Crippen molar-refractivity contribution in [2.45, 2.75) is 52.0 Å². The third kappa shape index (κ3) is 5.17. The summed E-state index contributed by atoms with van der Waals surface area (Å²) in [6, 6.07) is 0.250. The first-order valence-electron chi connectivity index (χ1n) is 6.09. The van der Waals surface area contributed by atoms with Crippen LogP contribution in [0.4, 0.5) is 0 Å². The van der Waals surface area contributed by atoms with Crippen LogP contribution in [-0.4, -0.2) is 25.2 Å². The van der Waals surface area contributed by atoms with E-state index in [-0.39, 0.29) is 11.9 Å². The van der Waals surface area contributed by atoms with Gasteiger partial charge < -0.3 is 10.1 Å². The Bertz CT molecular complexity index is 188. The summed E-state index contributed by atoms with van der Waals surface area (Å²) in [6.07, 6.45) is 5.07. The van der Waals surface area contributed by atoms with E-state index in [1.54, 1.807) is 0 Å². The van der Waals surface area contributed by atoms with Crippen molar-refractivity contribution >= 4 is 5.91 Å². The van der Waals surface area contributed by atoms with E-state index in [9.17, 15) is 4.79 Å². The van der Waals surface area contributed by atoms with Crippen LogP contribution < -0.4 is 5.32 Å². The molecule has 15 heavy (non-hydrogen) atoms. The zero-order valence-corrected chi connectivity index (χ0v) is 9.92. The van der Waals surface area contributed by atoms with Gasteiger partial charge in [-0.05, 0) is 18.8 Å². The lowest BCUT2D eigenvalue weighted by molar-refractivity contribution is -0.123. The molecule has 3 heteroatoms. The van der Waals surface area contributed by atoms with Crippen LogP contribution in [0, 0.1) is 5.92 Å². The number of carbonyl (C=O) groups is 1. The Kier molecular flexibility index (Phi) is 5.69. The first kappa shape index (κ1) is 12.5. The lowest BCUT2D eigenvalue weighted by Gasteiger charge is -2.23. The van der Waals surface area contributed by atoms with E-state index in [1.807, 2.05) is 0 Å². The molecule has 3 nitrogen and oxygen atoms in total. The Morgan fingerprint density at radius 1 is 1.60 bits per heavy atom. The number of amides is 1. The Balaban J connectivity index is 2.16. The monoisotopic (exact) mass is 213 g/mol. The van der Waals surface area contributed by atoms with Gasteiger partial charge in [0.25, 0.3) is 0 Å². The van der Waals surface area contributed by atoms with E-state index < -0.39 is 0 Å². The number of carbonyl (C=O) groups excluding carboxylic acids is 1. The summed E-state index contributed by atoms with van der Waals surface area (Å²) in [5, 5.41) is 3.04. The average Bonchev–Trinajstić information content (AvgIpc) is 2.19. The van der Waals surface area contributed by atoms with E-state index in [2.05, 4.69) is 19.2 Å². The van der Waals surface area contributed by atoms with Gasteiger partial charge in [0.2, 0.25) is 5.91 Å². The van der Waals surface area contributed by atoms with Gasteiger partial charge >= 0.3 is 0 Å². The lowest BCUT2D eigenvalue weighted by atomic mass is 10.0. The van der Waals surface area contributed by atoms with Gasteiger partial charge in [0.05, 0.1) is 12.6 Å². The molecular weight excluding hydrogens is 190 g/mol. The summed E-state index contributed by atoms with van der Waals surface area (Å²) in [6.45, 7) is 5.83. The van der Waals surface area contributed by atoms with Crippen molar-refractivity contribution in [3.63, 3.8) is 0 Å². The lowest BCUT2D eigenvalue weighted by Crippen LogP contribution is -2.41. The molecule has 1 fully saturated rings. The van der Waals surface area contributed by atoms with Gasteiger partial charge in [-0.15, -0.1) is 0 Å². The fourth-order valence-electron chi connectivity index (χ4n) is 2.05. The number of hydrogen-bond donors (Lipinski definition) is 1. The SMILES string of the molecule is CCCC(C)CC(=O)NC1CCCOC1. The van der Waals surface area contributed by atoms with Crippen molar-refractivity contribution in [1.82, 2.24) is 5.32 Å². The van der Waals surface area contributed by atoms with Crippen molar-refractivity contribution in [2.24, 2.45) is 5.92 Å². The van der Waals surface area contributed by atoms with Gasteiger partial charge in [-0.3, -0.25) is 4.79 Å². The molecule has 0 saturated carbocycles. The molecule has 1 heterocycles. The summed E-state index contributed by atoms with van der Waals surface area (Å²) >= 11 is 0. The molecule has 2 unspecified atom stereocenters. The molecule has 1 saturated heterocycles. The molecule has 1 aliphatic heterocycles. The summed E-state index contributed by atoms with van der Waals surface area (Å²) in [4.78, 5) is 11.6.